The Labute approximate surface area is 117 Å². The predicted molar refractivity (Wildman–Crippen MR) is 72.0 cm³/mol. The van der Waals surface area contributed by atoms with Crippen LogP contribution in [-0.2, 0) is 0 Å². The van der Waals surface area contributed by atoms with Gasteiger partial charge in [0.1, 0.15) is 11.8 Å². The minimum Gasteiger partial charge on any atom is -0.452 e. The van der Waals surface area contributed by atoms with Crippen LogP contribution in [-0.4, -0.2) is 0 Å². The first kappa shape index (κ1) is 12.9. The average Bonchev–Trinajstić information content (AvgIpc) is 2.72. The molecule has 1 aromatic carbocycles. The number of hydrazine groups is 1. The number of rotatable bonds is 3. The van der Waals surface area contributed by atoms with E-state index < -0.39 is 0 Å². The molecule has 0 spiro atoms. The highest BCUT2D eigenvalue weighted by Gasteiger charge is 2.20. The molecule has 1 atom stereocenters. The van der Waals surface area contributed by atoms with E-state index in [0.29, 0.717) is 20.5 Å². The van der Waals surface area contributed by atoms with Gasteiger partial charge in [0, 0.05) is 0 Å². The second-order valence-electron chi connectivity index (χ2n) is 3.38. The zero-order valence-corrected chi connectivity index (χ0v) is 11.7. The molecule has 2 aromatic rings. The summed E-state index contributed by atoms with van der Waals surface area (Å²) in [5.74, 6) is 6.19. The van der Waals surface area contributed by atoms with Gasteiger partial charge in [-0.05, 0) is 39.7 Å². The van der Waals surface area contributed by atoms with E-state index in [0.717, 1.165) is 5.56 Å². The molecule has 2 rings (SSSR count). The van der Waals surface area contributed by atoms with E-state index in [1.807, 2.05) is 18.2 Å². The van der Waals surface area contributed by atoms with Crippen molar-refractivity contribution in [1.82, 2.24) is 5.43 Å². The molecule has 0 aliphatic heterocycles. The number of nitrogens with one attached hydrogen (secondary N) is 1. The molecule has 0 fully saturated rings. The maximum Gasteiger partial charge on any atom is 0.169 e. The molecule has 0 aliphatic carbocycles. The summed E-state index contributed by atoms with van der Waals surface area (Å²) in [6.07, 6.45) is 0. The van der Waals surface area contributed by atoms with Gasteiger partial charge in [0.05, 0.1) is 10.0 Å². The van der Waals surface area contributed by atoms with Crippen molar-refractivity contribution < 1.29 is 4.42 Å². The van der Waals surface area contributed by atoms with Crippen LogP contribution in [0, 0.1) is 0 Å². The van der Waals surface area contributed by atoms with Crippen molar-refractivity contribution in [1.29, 1.82) is 0 Å². The van der Waals surface area contributed by atoms with Gasteiger partial charge in [-0.3, -0.25) is 5.84 Å². The van der Waals surface area contributed by atoms with Gasteiger partial charge in [0.25, 0.3) is 0 Å². The molecule has 0 radical (unpaired) electrons. The lowest BCUT2D eigenvalue weighted by atomic mass is 10.1. The van der Waals surface area contributed by atoms with Gasteiger partial charge >= 0.3 is 0 Å². The highest BCUT2D eigenvalue weighted by atomic mass is 79.9. The third-order valence-corrected chi connectivity index (χ3v) is 3.60. The predicted octanol–water partition coefficient (Wildman–Crippen LogP) is 3.90. The van der Waals surface area contributed by atoms with Crippen LogP contribution < -0.4 is 11.3 Å². The van der Waals surface area contributed by atoms with Crippen molar-refractivity contribution in [3.63, 3.8) is 0 Å². The average molecular weight is 336 g/mol. The van der Waals surface area contributed by atoms with E-state index in [-0.39, 0.29) is 6.04 Å². The fourth-order valence-electron chi connectivity index (χ4n) is 1.55. The highest BCUT2D eigenvalue weighted by molar-refractivity contribution is 9.10. The summed E-state index contributed by atoms with van der Waals surface area (Å²) in [5, 5.41) is 0.944. The van der Waals surface area contributed by atoms with Gasteiger partial charge in [-0.25, -0.2) is 5.43 Å². The first-order chi connectivity index (χ1) is 8.13. The van der Waals surface area contributed by atoms with E-state index >= 15 is 0 Å². The van der Waals surface area contributed by atoms with Crippen LogP contribution in [0.5, 0.6) is 0 Å². The normalized spacial score (nSPS) is 12.7. The lowest BCUT2D eigenvalue weighted by molar-refractivity contribution is 0.437. The summed E-state index contributed by atoms with van der Waals surface area (Å²) in [5.41, 5.74) is 3.43. The minimum atomic E-state index is -0.340. The highest BCUT2D eigenvalue weighted by Crippen LogP contribution is 2.33. The molecule has 1 heterocycles. The molecule has 17 heavy (non-hydrogen) atoms. The van der Waals surface area contributed by atoms with E-state index in [4.69, 9.17) is 33.5 Å². The molecule has 0 amide bonds. The van der Waals surface area contributed by atoms with Gasteiger partial charge in [-0.15, -0.1) is 0 Å². The first-order valence-electron chi connectivity index (χ1n) is 4.78. The van der Waals surface area contributed by atoms with Gasteiger partial charge < -0.3 is 4.42 Å². The number of hydrogen-bond acceptors (Lipinski definition) is 3. The molecule has 3 N–H and O–H groups in total. The van der Waals surface area contributed by atoms with Crippen LogP contribution >= 0.6 is 39.1 Å². The molecular formula is C11H9BrCl2N2O. The number of benzene rings is 1. The summed E-state index contributed by atoms with van der Waals surface area (Å²) in [6, 6.07) is 8.64. The lowest BCUT2D eigenvalue weighted by Gasteiger charge is -2.15. The van der Waals surface area contributed by atoms with E-state index in [2.05, 4.69) is 21.4 Å². The summed E-state index contributed by atoms with van der Waals surface area (Å²) in [7, 11) is 0. The summed E-state index contributed by atoms with van der Waals surface area (Å²) in [6.45, 7) is 0. The zero-order chi connectivity index (χ0) is 12.4. The third-order valence-electron chi connectivity index (χ3n) is 2.34. The standard InChI is InChI=1S/C11H9BrCl2N2O/c12-9-5-4-8(17-9)11(16-15)6-2-1-3-7(13)10(6)14/h1-5,11,16H,15H2. The Morgan fingerprint density at radius 1 is 1.24 bits per heavy atom. The Balaban J connectivity index is 2.45. The summed E-state index contributed by atoms with van der Waals surface area (Å²) < 4.78 is 6.09. The Hall–Kier alpha value is -0.520. The Kier molecular flexibility index (Phi) is 4.12. The Morgan fingerprint density at radius 2 is 2.00 bits per heavy atom. The van der Waals surface area contributed by atoms with Crippen LogP contribution in [0.1, 0.15) is 17.4 Å². The SMILES string of the molecule is NNC(c1ccc(Br)o1)c1cccc(Cl)c1Cl. The third kappa shape index (κ3) is 2.67. The first-order valence-corrected chi connectivity index (χ1v) is 6.33. The van der Waals surface area contributed by atoms with Crippen molar-refractivity contribution in [2.45, 2.75) is 6.04 Å². The largest absolute Gasteiger partial charge is 0.452 e. The van der Waals surface area contributed by atoms with Crippen molar-refractivity contribution in [3.05, 3.63) is 56.4 Å². The molecule has 3 nitrogen and oxygen atoms in total. The van der Waals surface area contributed by atoms with Gasteiger partial charge in [0.15, 0.2) is 4.67 Å². The van der Waals surface area contributed by atoms with Crippen LogP contribution in [0.2, 0.25) is 10.0 Å². The molecule has 0 saturated carbocycles. The van der Waals surface area contributed by atoms with Crippen LogP contribution in [0.3, 0.4) is 0 Å². The minimum absolute atomic E-state index is 0.340. The lowest BCUT2D eigenvalue weighted by Crippen LogP contribution is -2.28. The van der Waals surface area contributed by atoms with E-state index in [1.54, 1.807) is 12.1 Å². The number of hydrogen-bond donors (Lipinski definition) is 2. The number of nitrogens with two attached hydrogens (primary N) is 1. The Bertz CT molecular complexity index is 530. The molecular weight excluding hydrogens is 327 g/mol. The van der Waals surface area contributed by atoms with Crippen LogP contribution in [0.25, 0.3) is 0 Å². The quantitative estimate of drug-likeness (QED) is 0.660. The van der Waals surface area contributed by atoms with Gasteiger partial charge in [-0.2, -0.15) is 0 Å². The van der Waals surface area contributed by atoms with E-state index in [1.165, 1.54) is 0 Å². The molecule has 1 unspecified atom stereocenters. The fraction of sp³-hybridized carbons (Fsp3) is 0.0909. The Morgan fingerprint density at radius 3 is 2.59 bits per heavy atom. The van der Waals surface area contributed by atoms with Gasteiger partial charge in [-0.1, -0.05) is 35.3 Å². The molecule has 90 valence electrons. The smallest absolute Gasteiger partial charge is 0.169 e. The fourth-order valence-corrected chi connectivity index (χ4v) is 2.29. The molecule has 0 aliphatic rings. The maximum atomic E-state index is 6.14. The second kappa shape index (κ2) is 5.42. The molecule has 0 bridgehead atoms. The van der Waals surface area contributed by atoms with Crippen molar-refractivity contribution >= 4 is 39.1 Å². The molecule has 1 aromatic heterocycles. The topological polar surface area (TPSA) is 51.2 Å². The van der Waals surface area contributed by atoms with E-state index in [9.17, 15) is 0 Å². The van der Waals surface area contributed by atoms with Crippen molar-refractivity contribution in [3.8, 4) is 0 Å². The maximum absolute atomic E-state index is 6.14. The number of furan rings is 1. The van der Waals surface area contributed by atoms with Crippen molar-refractivity contribution in [2.75, 3.05) is 0 Å². The number of halogens is 3. The summed E-state index contributed by atoms with van der Waals surface area (Å²) in [4.78, 5) is 0. The molecule has 6 heteroatoms. The van der Waals surface area contributed by atoms with Crippen LogP contribution in [0.15, 0.2) is 39.4 Å². The second-order valence-corrected chi connectivity index (χ2v) is 4.95. The van der Waals surface area contributed by atoms with Gasteiger partial charge in [0.2, 0.25) is 0 Å². The van der Waals surface area contributed by atoms with Crippen molar-refractivity contribution in [2.24, 2.45) is 5.84 Å². The molecule has 0 saturated heterocycles. The summed E-state index contributed by atoms with van der Waals surface area (Å²) >= 11 is 15.4. The van der Waals surface area contributed by atoms with Crippen LogP contribution in [0.4, 0.5) is 0 Å². The zero-order valence-electron chi connectivity index (χ0n) is 8.58. The monoisotopic (exact) mass is 334 g/mol.